The average molecular weight is 241 g/mol. The van der Waals surface area contributed by atoms with Gasteiger partial charge >= 0.3 is 0 Å². The lowest BCUT2D eigenvalue weighted by Gasteiger charge is -2.06. The molecule has 0 fully saturated rings. The number of halogens is 4. The third-order valence-electron chi connectivity index (χ3n) is 2.26. The van der Waals surface area contributed by atoms with Gasteiger partial charge in [-0.05, 0) is 19.1 Å². The number of hydrogen-bond donors (Lipinski definition) is 0. The maximum absolute atomic E-state index is 13.4. The van der Waals surface area contributed by atoms with E-state index in [1.54, 1.807) is 13.0 Å². The highest BCUT2D eigenvalue weighted by Gasteiger charge is 2.21. The fourth-order valence-corrected chi connectivity index (χ4v) is 1.48. The van der Waals surface area contributed by atoms with Gasteiger partial charge in [-0.25, -0.2) is 17.6 Å². The maximum Gasteiger partial charge on any atom is 0.171 e. The zero-order valence-corrected chi connectivity index (χ0v) is 8.77. The van der Waals surface area contributed by atoms with E-state index in [4.69, 9.17) is 0 Å². The Morgan fingerprint density at radius 1 is 0.941 bits per heavy atom. The van der Waals surface area contributed by atoms with Crippen molar-refractivity contribution in [2.75, 3.05) is 0 Å². The summed E-state index contributed by atoms with van der Waals surface area (Å²) in [5, 5.41) is 0. The molecule has 1 aromatic carbocycles. The van der Waals surface area contributed by atoms with Gasteiger partial charge in [0.05, 0.1) is 11.3 Å². The van der Waals surface area contributed by atoms with Gasteiger partial charge in [-0.2, -0.15) is 0 Å². The summed E-state index contributed by atoms with van der Waals surface area (Å²) in [5.74, 6) is -5.77. The van der Waals surface area contributed by atoms with Crippen LogP contribution in [0.5, 0.6) is 0 Å². The van der Waals surface area contributed by atoms with Gasteiger partial charge in [0.2, 0.25) is 0 Å². The molecule has 1 aromatic heterocycles. The Hall–Kier alpha value is -1.91. The number of benzene rings is 1. The van der Waals surface area contributed by atoms with E-state index in [2.05, 4.69) is 4.98 Å². The first-order valence-corrected chi connectivity index (χ1v) is 4.77. The number of aryl methyl sites for hydroxylation is 1. The maximum atomic E-state index is 13.4. The van der Waals surface area contributed by atoms with Crippen molar-refractivity contribution in [1.29, 1.82) is 0 Å². The Morgan fingerprint density at radius 2 is 1.53 bits per heavy atom. The Labute approximate surface area is 94.7 Å². The van der Waals surface area contributed by atoms with Crippen LogP contribution in [0.15, 0.2) is 24.3 Å². The molecule has 1 heterocycles. The number of aromatic nitrogens is 1. The topological polar surface area (TPSA) is 12.9 Å². The third-order valence-corrected chi connectivity index (χ3v) is 2.26. The van der Waals surface area contributed by atoms with Crippen molar-refractivity contribution >= 4 is 0 Å². The van der Waals surface area contributed by atoms with Crippen molar-refractivity contribution in [3.63, 3.8) is 0 Å². The van der Waals surface area contributed by atoms with Crippen molar-refractivity contribution in [1.82, 2.24) is 4.98 Å². The normalized spacial score (nSPS) is 10.6. The monoisotopic (exact) mass is 241 g/mol. The van der Waals surface area contributed by atoms with E-state index in [1.807, 2.05) is 0 Å². The van der Waals surface area contributed by atoms with Crippen LogP contribution in [-0.2, 0) is 0 Å². The van der Waals surface area contributed by atoms with Crippen LogP contribution in [0.2, 0.25) is 0 Å². The van der Waals surface area contributed by atoms with Crippen molar-refractivity contribution in [3.8, 4) is 11.3 Å². The number of nitrogens with zero attached hydrogens (tertiary/aromatic N) is 1. The van der Waals surface area contributed by atoms with Crippen LogP contribution in [0, 0.1) is 30.2 Å². The van der Waals surface area contributed by atoms with Crippen molar-refractivity contribution < 1.29 is 17.6 Å². The lowest BCUT2D eigenvalue weighted by Crippen LogP contribution is -2.00. The molecule has 0 saturated heterocycles. The number of pyridine rings is 1. The van der Waals surface area contributed by atoms with Gasteiger partial charge in [0.15, 0.2) is 23.3 Å². The van der Waals surface area contributed by atoms with Gasteiger partial charge in [-0.3, -0.25) is 4.98 Å². The molecule has 1 nitrogen and oxygen atoms in total. The SMILES string of the molecule is Cc1cccc(-c2c(F)c(F)cc(F)c2F)n1. The fraction of sp³-hybridized carbons (Fsp3) is 0.0833. The summed E-state index contributed by atoms with van der Waals surface area (Å²) < 4.78 is 52.9. The quantitative estimate of drug-likeness (QED) is 0.549. The lowest BCUT2D eigenvalue weighted by atomic mass is 10.1. The summed E-state index contributed by atoms with van der Waals surface area (Å²) in [6.07, 6.45) is 0. The summed E-state index contributed by atoms with van der Waals surface area (Å²) in [6.45, 7) is 1.61. The van der Waals surface area contributed by atoms with Crippen LogP contribution in [0.1, 0.15) is 5.69 Å². The summed E-state index contributed by atoms with van der Waals surface area (Å²) in [7, 11) is 0. The summed E-state index contributed by atoms with van der Waals surface area (Å²) >= 11 is 0. The molecule has 0 amide bonds. The van der Waals surface area contributed by atoms with Gasteiger partial charge in [-0.15, -0.1) is 0 Å². The average Bonchev–Trinajstić information content (AvgIpc) is 2.27. The zero-order valence-electron chi connectivity index (χ0n) is 8.77. The van der Waals surface area contributed by atoms with E-state index in [0.29, 0.717) is 5.69 Å². The van der Waals surface area contributed by atoms with Crippen molar-refractivity contribution in [2.45, 2.75) is 6.92 Å². The molecule has 0 aliphatic heterocycles. The van der Waals surface area contributed by atoms with Gasteiger partial charge in [0, 0.05) is 11.8 Å². The minimum absolute atomic E-state index is 0.140. The largest absolute Gasteiger partial charge is 0.253 e. The second-order valence-corrected chi connectivity index (χ2v) is 3.51. The molecule has 0 aliphatic carbocycles. The van der Waals surface area contributed by atoms with Crippen LogP contribution in [-0.4, -0.2) is 4.98 Å². The molecule has 2 rings (SSSR count). The second kappa shape index (κ2) is 4.16. The van der Waals surface area contributed by atoms with E-state index in [-0.39, 0.29) is 11.8 Å². The molecule has 0 aliphatic rings. The van der Waals surface area contributed by atoms with Gasteiger partial charge in [-0.1, -0.05) is 6.07 Å². The Bertz CT molecular complexity index is 555. The van der Waals surface area contributed by atoms with E-state index in [9.17, 15) is 17.6 Å². The van der Waals surface area contributed by atoms with Crippen molar-refractivity contribution in [3.05, 3.63) is 53.2 Å². The molecule has 88 valence electrons. The molecule has 0 atom stereocenters. The molecule has 17 heavy (non-hydrogen) atoms. The number of hydrogen-bond acceptors (Lipinski definition) is 1. The standard InChI is InChI=1S/C12H7F4N/c1-6-3-2-4-9(17-6)10-11(15)7(13)5-8(14)12(10)16/h2-5H,1H3. The minimum Gasteiger partial charge on any atom is -0.253 e. The summed E-state index contributed by atoms with van der Waals surface area (Å²) in [4.78, 5) is 3.83. The van der Waals surface area contributed by atoms with E-state index >= 15 is 0 Å². The smallest absolute Gasteiger partial charge is 0.171 e. The first kappa shape index (κ1) is 11.6. The Kier molecular flexibility index (Phi) is 2.83. The first-order valence-electron chi connectivity index (χ1n) is 4.77. The predicted octanol–water partition coefficient (Wildman–Crippen LogP) is 3.61. The van der Waals surface area contributed by atoms with E-state index in [1.165, 1.54) is 12.1 Å². The van der Waals surface area contributed by atoms with Crippen LogP contribution in [0.25, 0.3) is 11.3 Å². The molecule has 2 aromatic rings. The predicted molar refractivity (Wildman–Crippen MR) is 54.2 cm³/mol. The molecular weight excluding hydrogens is 234 g/mol. The summed E-state index contributed by atoms with van der Waals surface area (Å²) in [5.41, 5.74) is -0.435. The first-order chi connectivity index (χ1) is 8.00. The van der Waals surface area contributed by atoms with Crippen LogP contribution in [0.4, 0.5) is 17.6 Å². The van der Waals surface area contributed by atoms with Crippen LogP contribution in [0.3, 0.4) is 0 Å². The van der Waals surface area contributed by atoms with Crippen LogP contribution >= 0.6 is 0 Å². The van der Waals surface area contributed by atoms with Gasteiger partial charge in [0.25, 0.3) is 0 Å². The second-order valence-electron chi connectivity index (χ2n) is 3.51. The zero-order chi connectivity index (χ0) is 12.6. The highest BCUT2D eigenvalue weighted by atomic mass is 19.2. The molecule has 0 spiro atoms. The molecule has 0 N–H and O–H groups in total. The Balaban J connectivity index is 2.75. The number of rotatable bonds is 1. The lowest BCUT2D eigenvalue weighted by molar-refractivity contribution is 0.458. The highest BCUT2D eigenvalue weighted by molar-refractivity contribution is 5.61. The van der Waals surface area contributed by atoms with Gasteiger partial charge < -0.3 is 0 Å². The minimum atomic E-state index is -1.44. The van der Waals surface area contributed by atoms with E-state index < -0.39 is 28.8 Å². The van der Waals surface area contributed by atoms with Gasteiger partial charge in [0.1, 0.15) is 0 Å². The summed E-state index contributed by atoms with van der Waals surface area (Å²) in [6, 6.07) is 4.56. The fourth-order valence-electron chi connectivity index (χ4n) is 1.48. The molecule has 5 heteroatoms. The molecular formula is C12H7F4N. The highest BCUT2D eigenvalue weighted by Crippen LogP contribution is 2.28. The molecule has 0 bridgehead atoms. The molecule has 0 radical (unpaired) electrons. The molecule has 0 saturated carbocycles. The molecule has 0 unspecified atom stereocenters. The Morgan fingerprint density at radius 3 is 2.06 bits per heavy atom. The third kappa shape index (κ3) is 2.00. The van der Waals surface area contributed by atoms with E-state index in [0.717, 1.165) is 0 Å². The van der Waals surface area contributed by atoms with Crippen LogP contribution < -0.4 is 0 Å². The van der Waals surface area contributed by atoms with Crippen molar-refractivity contribution in [2.24, 2.45) is 0 Å².